The third-order valence-corrected chi connectivity index (χ3v) is 6.16. The fourth-order valence-corrected chi connectivity index (χ4v) is 4.62. The summed E-state index contributed by atoms with van der Waals surface area (Å²) in [6.45, 7) is 4.80. The lowest BCUT2D eigenvalue weighted by molar-refractivity contribution is -0.117. The Bertz CT molecular complexity index is 967. The second-order valence-corrected chi connectivity index (χ2v) is 8.59. The minimum Gasteiger partial charge on any atom is -0.337 e. The molecule has 0 bridgehead atoms. The molecule has 5 heteroatoms. The predicted octanol–water partition coefficient (Wildman–Crippen LogP) is 4.77. The summed E-state index contributed by atoms with van der Waals surface area (Å²) in [7, 11) is 0. The molecule has 2 aromatic carbocycles. The number of hydrogen-bond acceptors (Lipinski definition) is 3. The molecule has 0 unspecified atom stereocenters. The number of carbonyl (C=O) groups excluding carboxylic acids is 1. The molecule has 144 valence electrons. The Kier molecular flexibility index (Phi) is 5.53. The van der Waals surface area contributed by atoms with E-state index in [9.17, 15) is 4.79 Å². The van der Waals surface area contributed by atoms with E-state index >= 15 is 0 Å². The quantitative estimate of drug-likeness (QED) is 0.638. The number of amides is 1. The number of benzene rings is 2. The summed E-state index contributed by atoms with van der Waals surface area (Å²) in [5, 5.41) is 0.621. The molecule has 0 saturated heterocycles. The maximum atomic E-state index is 13.1. The van der Waals surface area contributed by atoms with E-state index in [2.05, 4.69) is 29.2 Å². The third-order valence-electron chi connectivity index (χ3n) is 5.19. The van der Waals surface area contributed by atoms with Gasteiger partial charge in [0.2, 0.25) is 5.91 Å². The van der Waals surface area contributed by atoms with Crippen LogP contribution in [0.4, 0.5) is 5.69 Å². The fraction of sp³-hybridized carbons (Fsp3) is 0.304. The Labute approximate surface area is 170 Å². The lowest BCUT2D eigenvalue weighted by atomic mass is 10.0. The highest BCUT2D eigenvalue weighted by Crippen LogP contribution is 2.30. The standard InChI is InChI=1S/C23H25N3OS/c1-16-20(15-18-9-4-3-5-10-18)25-23(24-16)28-17(2)22(27)26-14-8-12-19-11-6-7-13-21(19)26/h3-7,9-11,13,17H,8,12,14-15H2,1-2H3,(H,24,25)/t17-/m0/s1. The molecule has 0 fully saturated rings. The summed E-state index contributed by atoms with van der Waals surface area (Å²) >= 11 is 1.51. The zero-order chi connectivity index (χ0) is 19.5. The van der Waals surface area contributed by atoms with Crippen LogP contribution in [0.5, 0.6) is 0 Å². The van der Waals surface area contributed by atoms with E-state index in [1.165, 1.54) is 22.9 Å². The highest BCUT2D eigenvalue weighted by atomic mass is 32.2. The smallest absolute Gasteiger partial charge is 0.240 e. The number of aryl methyl sites for hydroxylation is 2. The van der Waals surface area contributed by atoms with Crippen molar-refractivity contribution in [2.75, 3.05) is 11.4 Å². The Morgan fingerprint density at radius 1 is 1.18 bits per heavy atom. The topological polar surface area (TPSA) is 49.0 Å². The zero-order valence-electron chi connectivity index (χ0n) is 16.3. The summed E-state index contributed by atoms with van der Waals surface area (Å²) in [6, 6.07) is 18.6. The van der Waals surface area contributed by atoms with Crippen LogP contribution in [-0.2, 0) is 17.6 Å². The van der Waals surface area contributed by atoms with Gasteiger partial charge in [-0.15, -0.1) is 0 Å². The van der Waals surface area contributed by atoms with E-state index in [4.69, 9.17) is 4.98 Å². The number of aromatic amines is 1. The number of rotatable bonds is 5. The van der Waals surface area contributed by atoms with Crippen molar-refractivity contribution >= 4 is 23.4 Å². The molecule has 0 spiro atoms. The van der Waals surface area contributed by atoms with Crippen LogP contribution in [-0.4, -0.2) is 27.7 Å². The average molecular weight is 392 g/mol. The van der Waals surface area contributed by atoms with E-state index < -0.39 is 0 Å². The molecule has 4 nitrogen and oxygen atoms in total. The summed E-state index contributed by atoms with van der Waals surface area (Å²) < 4.78 is 0. The van der Waals surface area contributed by atoms with Crippen LogP contribution in [0.15, 0.2) is 59.8 Å². The van der Waals surface area contributed by atoms with Crippen LogP contribution in [0.1, 0.15) is 35.9 Å². The Hall–Kier alpha value is -2.53. The largest absolute Gasteiger partial charge is 0.337 e. The predicted molar refractivity (Wildman–Crippen MR) is 115 cm³/mol. The van der Waals surface area contributed by atoms with E-state index in [0.717, 1.165) is 48.0 Å². The van der Waals surface area contributed by atoms with E-state index in [1.54, 1.807) is 0 Å². The molecule has 0 saturated carbocycles. The van der Waals surface area contributed by atoms with Gasteiger partial charge >= 0.3 is 0 Å². The number of hydrogen-bond donors (Lipinski definition) is 1. The molecule has 1 N–H and O–H groups in total. The minimum absolute atomic E-state index is 0.149. The number of imidazole rings is 1. The van der Waals surface area contributed by atoms with Crippen LogP contribution >= 0.6 is 11.8 Å². The molecular formula is C23H25N3OS. The Morgan fingerprint density at radius 2 is 1.93 bits per heavy atom. The highest BCUT2D eigenvalue weighted by molar-refractivity contribution is 8.00. The van der Waals surface area contributed by atoms with Crippen molar-refractivity contribution in [2.24, 2.45) is 0 Å². The summed E-state index contributed by atoms with van der Waals surface area (Å²) in [5.41, 5.74) is 5.67. The molecular weight excluding hydrogens is 366 g/mol. The molecule has 1 atom stereocenters. The van der Waals surface area contributed by atoms with Gasteiger partial charge in [-0.05, 0) is 43.9 Å². The number of para-hydroxylation sites is 1. The van der Waals surface area contributed by atoms with Crippen molar-refractivity contribution in [3.8, 4) is 0 Å². The molecule has 3 aromatic rings. The number of nitrogens with zero attached hydrogens (tertiary/aromatic N) is 2. The number of carbonyl (C=O) groups is 1. The van der Waals surface area contributed by atoms with Crippen LogP contribution < -0.4 is 4.90 Å². The normalized spacial score (nSPS) is 14.6. The molecule has 4 rings (SSSR count). The Morgan fingerprint density at radius 3 is 2.75 bits per heavy atom. The number of anilines is 1. The van der Waals surface area contributed by atoms with E-state index in [1.807, 2.05) is 49.1 Å². The summed E-state index contributed by atoms with van der Waals surface area (Å²) in [6.07, 6.45) is 2.86. The molecule has 2 heterocycles. The highest BCUT2D eigenvalue weighted by Gasteiger charge is 2.27. The summed E-state index contributed by atoms with van der Waals surface area (Å²) in [4.78, 5) is 23.2. The lowest BCUT2D eigenvalue weighted by Crippen LogP contribution is -2.40. The number of aromatic nitrogens is 2. The second kappa shape index (κ2) is 8.23. The number of fused-ring (bicyclic) bond motifs is 1. The molecule has 0 aliphatic carbocycles. The second-order valence-electron chi connectivity index (χ2n) is 7.26. The monoisotopic (exact) mass is 391 g/mol. The lowest BCUT2D eigenvalue weighted by Gasteiger charge is -2.31. The van der Waals surface area contributed by atoms with Crippen LogP contribution in [0.25, 0.3) is 0 Å². The zero-order valence-corrected chi connectivity index (χ0v) is 17.1. The maximum absolute atomic E-state index is 13.1. The summed E-state index contributed by atoms with van der Waals surface area (Å²) in [5.74, 6) is 0.149. The third kappa shape index (κ3) is 3.99. The van der Waals surface area contributed by atoms with Gasteiger partial charge in [-0.25, -0.2) is 4.98 Å². The van der Waals surface area contributed by atoms with Gasteiger partial charge in [-0.2, -0.15) is 0 Å². The van der Waals surface area contributed by atoms with Gasteiger partial charge in [0.05, 0.1) is 10.9 Å². The fourth-order valence-electron chi connectivity index (χ4n) is 3.68. The SMILES string of the molecule is Cc1[nH]c(S[C@@H](C)C(=O)N2CCCc3ccccc32)nc1Cc1ccccc1. The van der Waals surface area contributed by atoms with Crippen molar-refractivity contribution in [3.63, 3.8) is 0 Å². The van der Waals surface area contributed by atoms with Crippen LogP contribution in [0.2, 0.25) is 0 Å². The number of thioether (sulfide) groups is 1. The molecule has 1 aliphatic rings. The number of nitrogens with one attached hydrogen (secondary N) is 1. The van der Waals surface area contributed by atoms with Crippen LogP contribution in [0.3, 0.4) is 0 Å². The molecule has 1 amide bonds. The van der Waals surface area contributed by atoms with Crippen molar-refractivity contribution in [2.45, 2.75) is 43.5 Å². The molecule has 0 radical (unpaired) electrons. The van der Waals surface area contributed by atoms with Crippen LogP contribution in [0, 0.1) is 6.92 Å². The van der Waals surface area contributed by atoms with E-state index in [0.29, 0.717) is 0 Å². The van der Waals surface area contributed by atoms with Gasteiger partial charge in [-0.3, -0.25) is 4.79 Å². The Balaban J connectivity index is 1.46. The first-order valence-electron chi connectivity index (χ1n) is 9.77. The van der Waals surface area contributed by atoms with Gasteiger partial charge < -0.3 is 9.88 Å². The van der Waals surface area contributed by atoms with Crippen molar-refractivity contribution in [3.05, 3.63) is 77.1 Å². The van der Waals surface area contributed by atoms with Gasteiger partial charge in [0, 0.05) is 24.3 Å². The van der Waals surface area contributed by atoms with Crippen molar-refractivity contribution < 1.29 is 4.79 Å². The van der Waals surface area contributed by atoms with Gasteiger partial charge in [0.1, 0.15) is 0 Å². The first-order chi connectivity index (χ1) is 13.6. The van der Waals surface area contributed by atoms with Crippen molar-refractivity contribution in [1.82, 2.24) is 9.97 Å². The maximum Gasteiger partial charge on any atom is 0.240 e. The molecule has 1 aliphatic heterocycles. The van der Waals surface area contributed by atoms with E-state index in [-0.39, 0.29) is 11.2 Å². The first kappa shape index (κ1) is 18.8. The van der Waals surface area contributed by atoms with Gasteiger partial charge in [0.15, 0.2) is 5.16 Å². The molecule has 1 aromatic heterocycles. The first-order valence-corrected chi connectivity index (χ1v) is 10.6. The minimum atomic E-state index is -0.193. The van der Waals surface area contributed by atoms with Crippen molar-refractivity contribution in [1.29, 1.82) is 0 Å². The average Bonchev–Trinajstić information content (AvgIpc) is 3.06. The van der Waals surface area contributed by atoms with Gasteiger partial charge in [-0.1, -0.05) is 60.3 Å². The molecule has 28 heavy (non-hydrogen) atoms. The number of H-pyrrole nitrogens is 1. The van der Waals surface area contributed by atoms with Gasteiger partial charge in [0.25, 0.3) is 0 Å².